The molecule has 0 amide bonds. The fraction of sp³-hybridized carbons (Fsp3) is 0.250. The Balaban J connectivity index is 2.22. The summed E-state index contributed by atoms with van der Waals surface area (Å²) in [6.07, 6.45) is -5.03. The number of hydrogen-bond acceptors (Lipinski definition) is 2. The van der Waals surface area contributed by atoms with E-state index < -0.39 is 12.6 Å². The molecule has 17 heavy (non-hydrogen) atoms. The highest BCUT2D eigenvalue weighted by molar-refractivity contribution is 7.13. The summed E-state index contributed by atoms with van der Waals surface area (Å²) in [5.41, 5.74) is 3.83. The lowest BCUT2D eigenvalue weighted by Crippen LogP contribution is -2.11. The Morgan fingerprint density at radius 2 is 1.82 bits per heavy atom. The SMILES string of the molecule is Cc1ncsc1-c1ccc(CC(F)(F)F)cc1. The molecule has 1 heterocycles. The number of hydrogen-bond donors (Lipinski definition) is 0. The van der Waals surface area contributed by atoms with Crippen LogP contribution in [0.2, 0.25) is 0 Å². The van der Waals surface area contributed by atoms with Crippen molar-refractivity contribution in [3.05, 3.63) is 41.0 Å². The van der Waals surface area contributed by atoms with Crippen LogP contribution >= 0.6 is 11.3 Å². The van der Waals surface area contributed by atoms with Crippen LogP contribution < -0.4 is 0 Å². The summed E-state index contributed by atoms with van der Waals surface area (Å²) in [5, 5.41) is 0. The van der Waals surface area contributed by atoms with Gasteiger partial charge in [0.25, 0.3) is 0 Å². The normalized spacial score (nSPS) is 11.8. The maximum absolute atomic E-state index is 12.2. The fourth-order valence-electron chi connectivity index (χ4n) is 1.58. The first-order valence-corrected chi connectivity index (χ1v) is 5.90. The zero-order valence-corrected chi connectivity index (χ0v) is 9.90. The molecule has 1 aromatic carbocycles. The largest absolute Gasteiger partial charge is 0.393 e. The highest BCUT2D eigenvalue weighted by atomic mass is 32.1. The van der Waals surface area contributed by atoms with Crippen molar-refractivity contribution in [2.45, 2.75) is 19.5 Å². The molecule has 1 aromatic heterocycles. The number of nitrogens with zero attached hydrogens (tertiary/aromatic N) is 1. The summed E-state index contributed by atoms with van der Waals surface area (Å²) in [6, 6.07) is 6.45. The Kier molecular flexibility index (Phi) is 3.19. The Bertz CT molecular complexity index is 499. The quantitative estimate of drug-likeness (QED) is 0.784. The standard InChI is InChI=1S/C12H10F3NS/c1-8-11(17-7-16-8)10-4-2-9(3-5-10)6-12(13,14)15/h2-5,7H,6H2,1H3. The number of benzene rings is 1. The van der Waals surface area contributed by atoms with Crippen molar-refractivity contribution in [1.82, 2.24) is 4.98 Å². The summed E-state index contributed by atoms with van der Waals surface area (Å²) in [4.78, 5) is 5.12. The second kappa shape index (κ2) is 4.49. The molecule has 5 heteroatoms. The lowest BCUT2D eigenvalue weighted by molar-refractivity contribution is -0.127. The van der Waals surface area contributed by atoms with Gasteiger partial charge in [0.15, 0.2) is 0 Å². The maximum Gasteiger partial charge on any atom is 0.393 e. The molecule has 0 aliphatic heterocycles. The second-order valence-electron chi connectivity index (χ2n) is 3.76. The Morgan fingerprint density at radius 3 is 2.29 bits per heavy atom. The molecule has 90 valence electrons. The summed E-state index contributed by atoms with van der Waals surface area (Å²) < 4.78 is 36.5. The Morgan fingerprint density at radius 1 is 1.18 bits per heavy atom. The van der Waals surface area contributed by atoms with Gasteiger partial charge in [-0.25, -0.2) is 4.98 Å². The van der Waals surface area contributed by atoms with Crippen LogP contribution in [0, 0.1) is 6.92 Å². The van der Waals surface area contributed by atoms with Crippen LogP contribution in [0.5, 0.6) is 0 Å². The maximum atomic E-state index is 12.2. The van der Waals surface area contributed by atoms with Crippen LogP contribution in [-0.2, 0) is 6.42 Å². The van der Waals surface area contributed by atoms with Crippen molar-refractivity contribution in [1.29, 1.82) is 0 Å². The minimum atomic E-state index is -4.15. The van der Waals surface area contributed by atoms with Crippen molar-refractivity contribution in [2.24, 2.45) is 0 Å². The molecule has 0 saturated heterocycles. The Hall–Kier alpha value is -1.36. The van der Waals surface area contributed by atoms with Gasteiger partial charge in [-0.1, -0.05) is 24.3 Å². The number of halogens is 3. The predicted octanol–water partition coefficient (Wildman–Crippen LogP) is 4.22. The van der Waals surface area contributed by atoms with Gasteiger partial charge in [0.1, 0.15) is 0 Å². The molecule has 0 atom stereocenters. The van der Waals surface area contributed by atoms with E-state index >= 15 is 0 Å². The molecule has 0 saturated carbocycles. The zero-order chi connectivity index (χ0) is 12.5. The van der Waals surface area contributed by atoms with E-state index in [1.165, 1.54) is 23.5 Å². The molecule has 0 unspecified atom stereocenters. The number of aromatic nitrogens is 1. The van der Waals surface area contributed by atoms with Crippen molar-refractivity contribution in [3.8, 4) is 10.4 Å². The molecule has 0 fully saturated rings. The topological polar surface area (TPSA) is 12.9 Å². The van der Waals surface area contributed by atoms with E-state index in [1.807, 2.05) is 6.92 Å². The predicted molar refractivity (Wildman–Crippen MR) is 62.0 cm³/mol. The van der Waals surface area contributed by atoms with Crippen molar-refractivity contribution < 1.29 is 13.2 Å². The van der Waals surface area contributed by atoms with Gasteiger partial charge in [-0.05, 0) is 18.1 Å². The van der Waals surface area contributed by atoms with E-state index in [0.717, 1.165) is 16.1 Å². The molecule has 0 aliphatic rings. The van der Waals surface area contributed by atoms with Crippen LogP contribution in [0.25, 0.3) is 10.4 Å². The van der Waals surface area contributed by atoms with Gasteiger partial charge in [0, 0.05) is 0 Å². The molecule has 2 aromatic rings. The minimum absolute atomic E-state index is 0.281. The number of alkyl halides is 3. The lowest BCUT2D eigenvalue weighted by atomic mass is 10.1. The third-order valence-electron chi connectivity index (χ3n) is 2.37. The molecule has 0 bridgehead atoms. The van der Waals surface area contributed by atoms with E-state index in [1.54, 1.807) is 17.6 Å². The first-order chi connectivity index (χ1) is 7.96. The molecule has 0 aliphatic carbocycles. The average Bonchev–Trinajstić information content (AvgIpc) is 2.63. The zero-order valence-electron chi connectivity index (χ0n) is 9.08. The van der Waals surface area contributed by atoms with Gasteiger partial charge in [0.2, 0.25) is 0 Å². The molecule has 0 radical (unpaired) electrons. The molecule has 0 spiro atoms. The monoisotopic (exact) mass is 257 g/mol. The fourth-order valence-corrected chi connectivity index (χ4v) is 2.40. The first kappa shape index (κ1) is 12.1. The van der Waals surface area contributed by atoms with Gasteiger partial charge in [-0.15, -0.1) is 11.3 Å². The molecular weight excluding hydrogens is 247 g/mol. The second-order valence-corrected chi connectivity index (χ2v) is 4.61. The van der Waals surface area contributed by atoms with E-state index in [9.17, 15) is 13.2 Å². The number of thiazole rings is 1. The van der Waals surface area contributed by atoms with Crippen molar-refractivity contribution >= 4 is 11.3 Å². The summed E-state index contributed by atoms with van der Waals surface area (Å²) in [7, 11) is 0. The third kappa shape index (κ3) is 3.06. The van der Waals surface area contributed by atoms with Gasteiger partial charge < -0.3 is 0 Å². The van der Waals surface area contributed by atoms with E-state index in [2.05, 4.69) is 4.98 Å². The molecule has 0 N–H and O–H groups in total. The first-order valence-electron chi connectivity index (χ1n) is 5.02. The summed E-state index contributed by atoms with van der Waals surface area (Å²) in [5.74, 6) is 0. The molecule has 1 nitrogen and oxygen atoms in total. The van der Waals surface area contributed by atoms with Gasteiger partial charge >= 0.3 is 6.18 Å². The van der Waals surface area contributed by atoms with Crippen LogP contribution in [0.3, 0.4) is 0 Å². The smallest absolute Gasteiger partial charge is 0.249 e. The van der Waals surface area contributed by atoms with Gasteiger partial charge in [0.05, 0.1) is 22.5 Å². The van der Waals surface area contributed by atoms with Gasteiger partial charge in [-0.2, -0.15) is 13.2 Å². The number of rotatable bonds is 2. The van der Waals surface area contributed by atoms with E-state index in [-0.39, 0.29) is 5.56 Å². The number of aryl methyl sites for hydroxylation is 1. The van der Waals surface area contributed by atoms with E-state index in [4.69, 9.17) is 0 Å². The Labute approximate surface area is 101 Å². The molecular formula is C12H10F3NS. The van der Waals surface area contributed by atoms with Crippen molar-refractivity contribution in [2.75, 3.05) is 0 Å². The van der Waals surface area contributed by atoms with Crippen LogP contribution in [0.15, 0.2) is 29.8 Å². The van der Waals surface area contributed by atoms with Crippen molar-refractivity contribution in [3.63, 3.8) is 0 Å². The highest BCUT2D eigenvalue weighted by Gasteiger charge is 2.27. The highest BCUT2D eigenvalue weighted by Crippen LogP contribution is 2.28. The molecule has 2 rings (SSSR count). The summed E-state index contributed by atoms with van der Waals surface area (Å²) in [6.45, 7) is 1.88. The van der Waals surface area contributed by atoms with E-state index in [0.29, 0.717) is 0 Å². The lowest BCUT2D eigenvalue weighted by Gasteiger charge is -2.06. The average molecular weight is 257 g/mol. The van der Waals surface area contributed by atoms with Crippen LogP contribution in [0.1, 0.15) is 11.3 Å². The van der Waals surface area contributed by atoms with Gasteiger partial charge in [-0.3, -0.25) is 0 Å². The van der Waals surface area contributed by atoms with Crippen LogP contribution in [-0.4, -0.2) is 11.2 Å². The van der Waals surface area contributed by atoms with Crippen LogP contribution in [0.4, 0.5) is 13.2 Å². The summed E-state index contributed by atoms with van der Waals surface area (Å²) >= 11 is 1.49. The third-order valence-corrected chi connectivity index (χ3v) is 3.34. The minimum Gasteiger partial charge on any atom is -0.249 e.